The number of hydrogen-bond donors (Lipinski definition) is 0. The number of alkyl halides is 1. The third-order valence-corrected chi connectivity index (χ3v) is 3.29. The summed E-state index contributed by atoms with van der Waals surface area (Å²) in [6, 6.07) is 0. The summed E-state index contributed by atoms with van der Waals surface area (Å²) in [5, 5.41) is 0. The van der Waals surface area contributed by atoms with Crippen molar-refractivity contribution in [2.24, 2.45) is 0 Å². The fourth-order valence-corrected chi connectivity index (χ4v) is 2.01. The van der Waals surface area contributed by atoms with Crippen LogP contribution < -0.4 is 0 Å². The van der Waals surface area contributed by atoms with Crippen molar-refractivity contribution < 1.29 is 4.79 Å². The first-order valence-corrected chi connectivity index (χ1v) is 5.33. The normalized spacial score (nSPS) is 25.2. The van der Waals surface area contributed by atoms with Gasteiger partial charge in [-0.05, 0) is 20.3 Å². The molecule has 12 heavy (non-hydrogen) atoms. The molecule has 2 nitrogen and oxygen atoms in total. The lowest BCUT2D eigenvalue weighted by atomic mass is 10.00. The quantitative estimate of drug-likeness (QED) is 0.670. The van der Waals surface area contributed by atoms with Gasteiger partial charge < -0.3 is 4.90 Å². The molecule has 3 heteroatoms. The van der Waals surface area contributed by atoms with Crippen LogP contribution in [-0.4, -0.2) is 27.7 Å². The Bertz CT molecular complexity index is 191. The number of nitrogens with zero attached hydrogens (tertiary/aromatic N) is 1. The molecule has 0 aromatic heterocycles. The van der Waals surface area contributed by atoms with Crippen LogP contribution in [0.1, 0.15) is 33.6 Å². The first-order chi connectivity index (χ1) is 5.47. The van der Waals surface area contributed by atoms with E-state index in [-0.39, 0.29) is 11.4 Å². The molecule has 1 amide bonds. The molecule has 0 spiro atoms. The van der Waals surface area contributed by atoms with Crippen LogP contribution in [0.5, 0.6) is 0 Å². The van der Waals surface area contributed by atoms with E-state index in [9.17, 15) is 4.79 Å². The van der Waals surface area contributed by atoms with Crippen molar-refractivity contribution in [1.29, 1.82) is 0 Å². The Labute approximate surface area is 82.4 Å². The lowest BCUT2D eigenvalue weighted by molar-refractivity contribution is -0.132. The molecule has 1 heterocycles. The Morgan fingerprint density at radius 1 is 1.67 bits per heavy atom. The Morgan fingerprint density at radius 3 is 2.58 bits per heavy atom. The molecule has 1 rings (SSSR count). The van der Waals surface area contributed by atoms with Crippen LogP contribution in [0, 0.1) is 0 Å². The van der Waals surface area contributed by atoms with Gasteiger partial charge in [0.2, 0.25) is 5.91 Å². The molecule has 0 radical (unpaired) electrons. The number of rotatable bonds is 2. The van der Waals surface area contributed by atoms with Gasteiger partial charge in [0, 0.05) is 23.3 Å². The standard InChI is InChI=1S/C9H16BrNO/c1-4-9(2,3)11-6-7(10)5-8(11)12/h7H,4-6H2,1-3H3. The second kappa shape index (κ2) is 3.36. The van der Waals surface area contributed by atoms with Gasteiger partial charge in [-0.15, -0.1) is 0 Å². The predicted molar refractivity (Wildman–Crippen MR) is 53.4 cm³/mol. The Hall–Kier alpha value is -0.0500. The predicted octanol–water partition coefficient (Wildman–Crippen LogP) is 2.17. The van der Waals surface area contributed by atoms with Gasteiger partial charge in [0.1, 0.15) is 0 Å². The maximum absolute atomic E-state index is 11.5. The number of carbonyl (C=O) groups is 1. The van der Waals surface area contributed by atoms with E-state index < -0.39 is 0 Å². The van der Waals surface area contributed by atoms with Gasteiger partial charge in [-0.2, -0.15) is 0 Å². The molecule has 1 fully saturated rings. The van der Waals surface area contributed by atoms with Crippen molar-refractivity contribution >= 4 is 21.8 Å². The van der Waals surface area contributed by atoms with Crippen LogP contribution in [0.4, 0.5) is 0 Å². The molecule has 0 aromatic rings. The van der Waals surface area contributed by atoms with E-state index in [1.807, 2.05) is 4.90 Å². The zero-order valence-corrected chi connectivity index (χ0v) is 9.52. The van der Waals surface area contributed by atoms with E-state index in [2.05, 4.69) is 36.7 Å². The van der Waals surface area contributed by atoms with E-state index in [0.717, 1.165) is 13.0 Å². The largest absolute Gasteiger partial charge is 0.336 e. The number of amides is 1. The maximum Gasteiger partial charge on any atom is 0.224 e. The smallest absolute Gasteiger partial charge is 0.224 e. The fraction of sp³-hybridized carbons (Fsp3) is 0.889. The van der Waals surface area contributed by atoms with Crippen molar-refractivity contribution in [3.63, 3.8) is 0 Å². The highest BCUT2D eigenvalue weighted by Gasteiger charge is 2.36. The minimum Gasteiger partial charge on any atom is -0.336 e. The molecule has 70 valence electrons. The van der Waals surface area contributed by atoms with E-state index >= 15 is 0 Å². The average Bonchev–Trinajstić information content (AvgIpc) is 2.31. The Balaban J connectivity index is 2.70. The van der Waals surface area contributed by atoms with Gasteiger partial charge >= 0.3 is 0 Å². The molecule has 0 saturated carbocycles. The van der Waals surface area contributed by atoms with Gasteiger partial charge in [0.05, 0.1) is 0 Å². The summed E-state index contributed by atoms with van der Waals surface area (Å²) in [6.45, 7) is 7.22. The summed E-state index contributed by atoms with van der Waals surface area (Å²) in [7, 11) is 0. The maximum atomic E-state index is 11.5. The summed E-state index contributed by atoms with van der Waals surface area (Å²) in [5.74, 6) is 0.281. The van der Waals surface area contributed by atoms with Crippen LogP contribution in [0.3, 0.4) is 0 Å². The SMILES string of the molecule is CCC(C)(C)N1CC(Br)CC1=O. The van der Waals surface area contributed by atoms with Crippen LogP contribution >= 0.6 is 15.9 Å². The molecular weight excluding hydrogens is 218 g/mol. The Morgan fingerprint density at radius 2 is 2.25 bits per heavy atom. The van der Waals surface area contributed by atoms with Gasteiger partial charge in [0.15, 0.2) is 0 Å². The van der Waals surface area contributed by atoms with E-state index in [4.69, 9.17) is 0 Å². The lowest BCUT2D eigenvalue weighted by Gasteiger charge is -2.34. The highest BCUT2D eigenvalue weighted by molar-refractivity contribution is 9.09. The van der Waals surface area contributed by atoms with E-state index in [1.54, 1.807) is 0 Å². The van der Waals surface area contributed by atoms with E-state index in [0.29, 0.717) is 11.2 Å². The molecule has 0 aromatic carbocycles. The minimum atomic E-state index is 0.0274. The summed E-state index contributed by atoms with van der Waals surface area (Å²) in [6.07, 6.45) is 1.67. The lowest BCUT2D eigenvalue weighted by Crippen LogP contribution is -2.44. The highest BCUT2D eigenvalue weighted by Crippen LogP contribution is 2.27. The number of carbonyl (C=O) groups excluding carboxylic acids is 1. The van der Waals surface area contributed by atoms with Crippen molar-refractivity contribution in [3.8, 4) is 0 Å². The van der Waals surface area contributed by atoms with Gasteiger partial charge in [-0.25, -0.2) is 0 Å². The van der Waals surface area contributed by atoms with Gasteiger partial charge in [-0.1, -0.05) is 22.9 Å². The molecule has 0 bridgehead atoms. The molecule has 1 saturated heterocycles. The third kappa shape index (κ3) is 1.82. The molecule has 1 aliphatic heterocycles. The van der Waals surface area contributed by atoms with Crippen LogP contribution in [0.25, 0.3) is 0 Å². The van der Waals surface area contributed by atoms with Gasteiger partial charge in [-0.3, -0.25) is 4.79 Å². The molecule has 0 aliphatic carbocycles. The van der Waals surface area contributed by atoms with Gasteiger partial charge in [0.25, 0.3) is 0 Å². The first kappa shape index (κ1) is 10.0. The zero-order valence-electron chi connectivity index (χ0n) is 7.93. The monoisotopic (exact) mass is 233 g/mol. The second-order valence-corrected chi connectivity index (χ2v) is 5.27. The van der Waals surface area contributed by atoms with Crippen molar-refractivity contribution in [1.82, 2.24) is 4.90 Å². The van der Waals surface area contributed by atoms with Crippen LogP contribution in [0.2, 0.25) is 0 Å². The summed E-state index contributed by atoms with van der Waals surface area (Å²) >= 11 is 3.48. The highest BCUT2D eigenvalue weighted by atomic mass is 79.9. The van der Waals surface area contributed by atoms with Crippen LogP contribution in [-0.2, 0) is 4.79 Å². The molecule has 0 N–H and O–H groups in total. The third-order valence-electron chi connectivity index (χ3n) is 2.67. The van der Waals surface area contributed by atoms with Crippen molar-refractivity contribution in [2.75, 3.05) is 6.54 Å². The van der Waals surface area contributed by atoms with Crippen LogP contribution in [0.15, 0.2) is 0 Å². The molecule has 1 atom stereocenters. The number of halogens is 1. The topological polar surface area (TPSA) is 20.3 Å². The fourth-order valence-electron chi connectivity index (χ4n) is 1.44. The first-order valence-electron chi connectivity index (χ1n) is 4.42. The summed E-state index contributed by atoms with van der Waals surface area (Å²) < 4.78 is 0. The molecular formula is C9H16BrNO. The summed E-state index contributed by atoms with van der Waals surface area (Å²) in [4.78, 5) is 13.8. The molecule has 1 aliphatic rings. The van der Waals surface area contributed by atoms with Crippen molar-refractivity contribution in [2.45, 2.75) is 44.0 Å². The molecule has 1 unspecified atom stereocenters. The Kier molecular flexibility index (Phi) is 2.81. The minimum absolute atomic E-state index is 0.0274. The number of hydrogen-bond acceptors (Lipinski definition) is 1. The average molecular weight is 234 g/mol. The van der Waals surface area contributed by atoms with E-state index in [1.165, 1.54) is 0 Å². The summed E-state index contributed by atoms with van der Waals surface area (Å²) in [5.41, 5.74) is 0.0274. The number of likely N-dealkylation sites (tertiary alicyclic amines) is 1. The van der Waals surface area contributed by atoms with Crippen molar-refractivity contribution in [3.05, 3.63) is 0 Å². The zero-order chi connectivity index (χ0) is 9.35. The second-order valence-electron chi connectivity index (χ2n) is 3.97.